The molecule has 0 bridgehead atoms. The first-order valence-electron chi connectivity index (χ1n) is 8.86. The second kappa shape index (κ2) is 9.79. The molecule has 0 spiro atoms. The zero-order valence-electron chi connectivity index (χ0n) is 15.4. The molecule has 8 nitrogen and oxygen atoms in total. The topological polar surface area (TPSA) is 103 Å². The summed E-state index contributed by atoms with van der Waals surface area (Å²) in [6, 6.07) is 12.0. The predicted molar refractivity (Wildman–Crippen MR) is 104 cm³/mol. The summed E-state index contributed by atoms with van der Waals surface area (Å²) in [6.07, 6.45) is 0.603. The minimum atomic E-state index is -0.718. The van der Waals surface area contributed by atoms with Gasteiger partial charge in [-0.1, -0.05) is 23.7 Å². The van der Waals surface area contributed by atoms with Crippen molar-refractivity contribution in [1.29, 1.82) is 0 Å². The van der Waals surface area contributed by atoms with Crippen LogP contribution in [-0.2, 0) is 20.7 Å². The number of hydrogen-bond acceptors (Lipinski definition) is 6. The smallest absolute Gasteiger partial charge is 0.325 e. The number of carbonyl (C=O) groups is 3. The molecule has 0 unspecified atom stereocenters. The standard InChI is InChI=1S/C20H19ClN2O6/c21-15-3-1-2-13(8-15)6-7-22-18(24)11-27-19(25)10-23-20(26)14-4-5-16-17(9-14)29-12-28-16/h1-5,8-9H,6-7,10-12H2,(H,22,24)(H,23,26). The molecule has 2 amide bonds. The van der Waals surface area contributed by atoms with Gasteiger partial charge in [0.2, 0.25) is 6.79 Å². The number of halogens is 1. The lowest BCUT2D eigenvalue weighted by atomic mass is 10.1. The lowest BCUT2D eigenvalue weighted by Crippen LogP contribution is -2.34. The third-order valence-corrected chi connectivity index (χ3v) is 4.25. The van der Waals surface area contributed by atoms with Crippen molar-refractivity contribution in [2.24, 2.45) is 0 Å². The van der Waals surface area contributed by atoms with E-state index in [1.54, 1.807) is 18.2 Å². The van der Waals surface area contributed by atoms with Gasteiger partial charge in [-0.2, -0.15) is 0 Å². The van der Waals surface area contributed by atoms with E-state index in [-0.39, 0.29) is 13.3 Å². The molecule has 1 heterocycles. The van der Waals surface area contributed by atoms with Gasteiger partial charge >= 0.3 is 5.97 Å². The fourth-order valence-corrected chi connectivity index (χ4v) is 2.79. The first-order valence-corrected chi connectivity index (χ1v) is 9.23. The Hall–Kier alpha value is -3.26. The molecule has 0 atom stereocenters. The Morgan fingerprint density at radius 1 is 1.03 bits per heavy atom. The normalized spacial score (nSPS) is 11.6. The van der Waals surface area contributed by atoms with E-state index in [1.165, 1.54) is 6.07 Å². The Bertz CT molecular complexity index is 918. The molecule has 1 aliphatic heterocycles. The van der Waals surface area contributed by atoms with Crippen molar-refractivity contribution < 1.29 is 28.6 Å². The first-order chi connectivity index (χ1) is 14.0. The van der Waals surface area contributed by atoms with Crippen LogP contribution in [0.2, 0.25) is 5.02 Å². The van der Waals surface area contributed by atoms with Crippen molar-refractivity contribution in [3.63, 3.8) is 0 Å². The van der Waals surface area contributed by atoms with Crippen LogP contribution in [0.5, 0.6) is 11.5 Å². The van der Waals surface area contributed by atoms with E-state index in [9.17, 15) is 14.4 Å². The van der Waals surface area contributed by atoms with Gasteiger partial charge in [-0.15, -0.1) is 0 Å². The van der Waals surface area contributed by atoms with Gasteiger partial charge in [0, 0.05) is 17.1 Å². The van der Waals surface area contributed by atoms with E-state index < -0.39 is 24.4 Å². The SMILES string of the molecule is O=C(COC(=O)CNC(=O)c1ccc2c(c1)OCO2)NCCc1cccc(Cl)c1. The van der Waals surface area contributed by atoms with Gasteiger partial charge in [0.05, 0.1) is 0 Å². The van der Waals surface area contributed by atoms with Crippen LogP contribution in [0.4, 0.5) is 0 Å². The number of fused-ring (bicyclic) bond motifs is 1. The number of esters is 1. The highest BCUT2D eigenvalue weighted by Crippen LogP contribution is 2.32. The second-order valence-corrected chi connectivity index (χ2v) is 6.58. The Kier molecular flexibility index (Phi) is 6.91. The number of nitrogens with one attached hydrogen (secondary N) is 2. The van der Waals surface area contributed by atoms with Crippen molar-refractivity contribution in [1.82, 2.24) is 10.6 Å². The molecule has 0 aromatic heterocycles. The maximum atomic E-state index is 12.1. The summed E-state index contributed by atoms with van der Waals surface area (Å²) in [5.74, 6) is -0.588. The van der Waals surface area contributed by atoms with Crippen LogP contribution < -0.4 is 20.1 Å². The maximum absolute atomic E-state index is 12.1. The van der Waals surface area contributed by atoms with Crippen molar-refractivity contribution in [3.05, 3.63) is 58.6 Å². The van der Waals surface area contributed by atoms with Crippen molar-refractivity contribution >= 4 is 29.4 Å². The van der Waals surface area contributed by atoms with Crippen LogP contribution >= 0.6 is 11.6 Å². The Morgan fingerprint density at radius 3 is 2.69 bits per heavy atom. The summed E-state index contributed by atoms with van der Waals surface area (Å²) in [7, 11) is 0. The minimum Gasteiger partial charge on any atom is -0.454 e. The van der Waals surface area contributed by atoms with Crippen LogP contribution in [-0.4, -0.2) is 44.3 Å². The van der Waals surface area contributed by atoms with Crippen LogP contribution in [0, 0.1) is 0 Å². The number of ether oxygens (including phenoxy) is 3. The van der Waals surface area contributed by atoms with E-state index >= 15 is 0 Å². The summed E-state index contributed by atoms with van der Waals surface area (Å²) in [5, 5.41) is 5.71. The van der Waals surface area contributed by atoms with Gasteiger partial charge in [0.15, 0.2) is 18.1 Å². The molecular formula is C20H19ClN2O6. The molecule has 2 aromatic carbocycles. The number of hydrogen-bond donors (Lipinski definition) is 2. The minimum absolute atomic E-state index is 0.105. The van der Waals surface area contributed by atoms with Crippen molar-refractivity contribution in [3.8, 4) is 11.5 Å². The summed E-state index contributed by atoms with van der Waals surface area (Å²) in [6.45, 7) is -0.289. The quantitative estimate of drug-likeness (QED) is 0.632. The highest BCUT2D eigenvalue weighted by atomic mass is 35.5. The van der Waals surface area contributed by atoms with Crippen molar-refractivity contribution in [2.75, 3.05) is 26.5 Å². The third kappa shape index (κ3) is 6.11. The maximum Gasteiger partial charge on any atom is 0.325 e. The second-order valence-electron chi connectivity index (χ2n) is 6.14. The highest BCUT2D eigenvalue weighted by molar-refractivity contribution is 6.30. The molecule has 0 radical (unpaired) electrons. The molecule has 2 aromatic rings. The number of amides is 2. The lowest BCUT2D eigenvalue weighted by molar-refractivity contribution is -0.147. The molecule has 152 valence electrons. The Morgan fingerprint density at radius 2 is 1.86 bits per heavy atom. The zero-order chi connectivity index (χ0) is 20.6. The predicted octanol–water partition coefficient (Wildman–Crippen LogP) is 1.70. The molecular weight excluding hydrogens is 400 g/mol. The van der Waals surface area contributed by atoms with E-state index in [4.69, 9.17) is 25.8 Å². The molecule has 1 aliphatic rings. The van der Waals surface area contributed by atoms with Gasteiger partial charge in [-0.3, -0.25) is 14.4 Å². The first kappa shape index (κ1) is 20.5. The van der Waals surface area contributed by atoms with E-state index in [1.807, 2.05) is 18.2 Å². The highest BCUT2D eigenvalue weighted by Gasteiger charge is 2.17. The third-order valence-electron chi connectivity index (χ3n) is 4.02. The fourth-order valence-electron chi connectivity index (χ4n) is 2.58. The van der Waals surface area contributed by atoms with E-state index in [0.29, 0.717) is 35.1 Å². The summed E-state index contributed by atoms with van der Waals surface area (Å²) < 4.78 is 15.2. The number of benzene rings is 2. The zero-order valence-corrected chi connectivity index (χ0v) is 16.2. The molecule has 2 N–H and O–H groups in total. The largest absolute Gasteiger partial charge is 0.454 e. The monoisotopic (exact) mass is 418 g/mol. The van der Waals surface area contributed by atoms with Gasteiger partial charge in [-0.05, 0) is 42.3 Å². The van der Waals surface area contributed by atoms with Gasteiger partial charge in [0.1, 0.15) is 6.54 Å². The Balaban J connectivity index is 1.33. The van der Waals surface area contributed by atoms with Crippen LogP contribution in [0.1, 0.15) is 15.9 Å². The summed E-state index contributed by atoms with van der Waals surface area (Å²) in [4.78, 5) is 35.6. The van der Waals surface area contributed by atoms with Crippen LogP contribution in [0.3, 0.4) is 0 Å². The lowest BCUT2D eigenvalue weighted by Gasteiger charge is -2.08. The van der Waals surface area contributed by atoms with E-state index in [2.05, 4.69) is 10.6 Å². The summed E-state index contributed by atoms with van der Waals surface area (Å²) in [5.41, 5.74) is 1.31. The van der Waals surface area contributed by atoms with Crippen LogP contribution in [0.15, 0.2) is 42.5 Å². The molecule has 9 heteroatoms. The fraction of sp³-hybridized carbons (Fsp3) is 0.250. The molecule has 0 aliphatic carbocycles. The van der Waals surface area contributed by atoms with Gasteiger partial charge in [0.25, 0.3) is 11.8 Å². The van der Waals surface area contributed by atoms with Gasteiger partial charge in [-0.25, -0.2) is 0 Å². The van der Waals surface area contributed by atoms with Crippen LogP contribution in [0.25, 0.3) is 0 Å². The molecule has 0 fully saturated rings. The number of carbonyl (C=O) groups excluding carboxylic acids is 3. The number of rotatable bonds is 8. The molecule has 0 saturated carbocycles. The average Bonchev–Trinajstić information content (AvgIpc) is 3.18. The summed E-state index contributed by atoms with van der Waals surface area (Å²) >= 11 is 5.90. The molecule has 3 rings (SSSR count). The van der Waals surface area contributed by atoms with Crippen molar-refractivity contribution in [2.45, 2.75) is 6.42 Å². The Labute approximate surface area is 172 Å². The van der Waals surface area contributed by atoms with E-state index in [0.717, 1.165) is 5.56 Å². The molecule has 29 heavy (non-hydrogen) atoms. The average molecular weight is 419 g/mol. The van der Waals surface area contributed by atoms with Gasteiger partial charge < -0.3 is 24.8 Å². The molecule has 0 saturated heterocycles.